The third-order valence-corrected chi connectivity index (χ3v) is 3.45. The first-order valence-electron chi connectivity index (χ1n) is 6.09. The second kappa shape index (κ2) is 5.55. The molecule has 0 aliphatic heterocycles. The monoisotopic (exact) mass is 196 g/mol. The molecular weight excluding hydrogens is 172 g/mol. The average Bonchev–Trinajstić information content (AvgIpc) is 2.18. The molecule has 1 heteroatoms. The maximum absolute atomic E-state index is 10.4. The van der Waals surface area contributed by atoms with Gasteiger partial charge in [-0.3, -0.25) is 0 Å². The Balaban J connectivity index is 2.42. The lowest BCUT2D eigenvalue weighted by Crippen LogP contribution is -2.36. The van der Waals surface area contributed by atoms with Crippen LogP contribution in [-0.4, -0.2) is 10.7 Å². The van der Waals surface area contributed by atoms with E-state index in [9.17, 15) is 5.11 Å². The van der Waals surface area contributed by atoms with Crippen molar-refractivity contribution >= 4 is 0 Å². The van der Waals surface area contributed by atoms with Gasteiger partial charge in [0.05, 0.1) is 5.60 Å². The highest BCUT2D eigenvalue weighted by Crippen LogP contribution is 2.34. The molecule has 0 spiro atoms. The fourth-order valence-corrected chi connectivity index (χ4v) is 2.21. The molecule has 1 saturated carbocycles. The lowest BCUT2D eigenvalue weighted by molar-refractivity contribution is 0.00321. The number of allylic oxidation sites excluding steroid dienone is 1. The van der Waals surface area contributed by atoms with Crippen LogP contribution in [0.25, 0.3) is 0 Å². The zero-order chi connectivity index (χ0) is 10.4. The van der Waals surface area contributed by atoms with Gasteiger partial charge in [-0.25, -0.2) is 0 Å². The van der Waals surface area contributed by atoms with Crippen LogP contribution in [0, 0.1) is 5.92 Å². The molecule has 0 aromatic heterocycles. The number of unbranched alkanes of at least 4 members (excludes halogenated alkanes) is 2. The molecular formula is C13H24O. The summed E-state index contributed by atoms with van der Waals surface area (Å²) in [5.74, 6) is 0.439. The maximum Gasteiger partial charge on any atom is 0.0853 e. The molecule has 1 N–H and O–H groups in total. The van der Waals surface area contributed by atoms with E-state index in [2.05, 4.69) is 26.0 Å². The van der Waals surface area contributed by atoms with Crippen LogP contribution in [0.4, 0.5) is 0 Å². The highest BCUT2D eigenvalue weighted by molar-refractivity contribution is 5.05. The zero-order valence-corrected chi connectivity index (χ0v) is 9.63. The van der Waals surface area contributed by atoms with Crippen LogP contribution >= 0.6 is 0 Å². The Hall–Kier alpha value is -0.300. The first kappa shape index (κ1) is 11.8. The molecule has 0 amide bonds. The highest BCUT2D eigenvalue weighted by Gasteiger charge is 2.32. The van der Waals surface area contributed by atoms with Gasteiger partial charge < -0.3 is 5.11 Å². The molecule has 0 heterocycles. The van der Waals surface area contributed by atoms with Crippen LogP contribution in [0.15, 0.2) is 12.2 Å². The molecule has 1 rings (SSSR count). The summed E-state index contributed by atoms with van der Waals surface area (Å²) in [4.78, 5) is 0. The normalized spacial score (nSPS) is 33.8. The van der Waals surface area contributed by atoms with Crippen LogP contribution in [0.1, 0.15) is 58.8 Å². The summed E-state index contributed by atoms with van der Waals surface area (Å²) in [5, 5.41) is 10.4. The number of hydrogen-bond acceptors (Lipinski definition) is 1. The van der Waals surface area contributed by atoms with E-state index in [4.69, 9.17) is 0 Å². The minimum absolute atomic E-state index is 0.439. The SMILES string of the molecule is CCCC/C=C/[C@@]1(O)CCCC[C@@H]1C. The van der Waals surface area contributed by atoms with Gasteiger partial charge in [0.1, 0.15) is 0 Å². The predicted octanol–water partition coefficient (Wildman–Crippen LogP) is 3.67. The summed E-state index contributed by atoms with van der Waals surface area (Å²) in [6.07, 6.45) is 12.4. The number of rotatable bonds is 4. The summed E-state index contributed by atoms with van der Waals surface area (Å²) >= 11 is 0. The standard InChI is InChI=1S/C13H24O/c1-3-4-5-7-10-13(14)11-8-6-9-12(13)2/h7,10,12,14H,3-6,8-9,11H2,1-2H3/b10-7+/t12-,13+/m0/s1. The van der Waals surface area contributed by atoms with Gasteiger partial charge in [0.15, 0.2) is 0 Å². The van der Waals surface area contributed by atoms with Gasteiger partial charge in [0.2, 0.25) is 0 Å². The smallest absolute Gasteiger partial charge is 0.0853 e. The van der Waals surface area contributed by atoms with Crippen molar-refractivity contribution in [3.63, 3.8) is 0 Å². The van der Waals surface area contributed by atoms with E-state index < -0.39 is 5.60 Å². The van der Waals surface area contributed by atoms with Crippen molar-refractivity contribution in [3.8, 4) is 0 Å². The molecule has 1 fully saturated rings. The molecule has 14 heavy (non-hydrogen) atoms. The summed E-state index contributed by atoms with van der Waals surface area (Å²) in [6.45, 7) is 4.37. The van der Waals surface area contributed by atoms with E-state index in [1.165, 1.54) is 32.1 Å². The van der Waals surface area contributed by atoms with Crippen molar-refractivity contribution in [3.05, 3.63) is 12.2 Å². The minimum atomic E-state index is -0.494. The van der Waals surface area contributed by atoms with Crippen molar-refractivity contribution in [2.45, 2.75) is 64.4 Å². The van der Waals surface area contributed by atoms with E-state index in [0.717, 1.165) is 12.8 Å². The Morgan fingerprint density at radius 1 is 1.43 bits per heavy atom. The van der Waals surface area contributed by atoms with Crippen molar-refractivity contribution in [2.24, 2.45) is 5.92 Å². The maximum atomic E-state index is 10.4. The molecule has 82 valence electrons. The molecule has 1 nitrogen and oxygen atoms in total. The van der Waals surface area contributed by atoms with Crippen LogP contribution in [0.3, 0.4) is 0 Å². The second-order valence-electron chi connectivity index (χ2n) is 4.68. The van der Waals surface area contributed by atoms with Gasteiger partial charge in [-0.05, 0) is 25.2 Å². The Morgan fingerprint density at radius 3 is 2.86 bits per heavy atom. The fourth-order valence-electron chi connectivity index (χ4n) is 2.21. The fraction of sp³-hybridized carbons (Fsp3) is 0.846. The molecule has 1 aliphatic carbocycles. The van der Waals surface area contributed by atoms with E-state index >= 15 is 0 Å². The summed E-state index contributed by atoms with van der Waals surface area (Å²) < 4.78 is 0. The largest absolute Gasteiger partial charge is 0.386 e. The van der Waals surface area contributed by atoms with Gasteiger partial charge in [-0.1, -0.05) is 51.7 Å². The average molecular weight is 196 g/mol. The van der Waals surface area contributed by atoms with E-state index in [1.807, 2.05) is 0 Å². The third kappa shape index (κ3) is 3.13. The van der Waals surface area contributed by atoms with Crippen LogP contribution in [-0.2, 0) is 0 Å². The Labute approximate surface area is 88.2 Å². The van der Waals surface area contributed by atoms with Crippen molar-refractivity contribution < 1.29 is 5.11 Å². The second-order valence-corrected chi connectivity index (χ2v) is 4.68. The van der Waals surface area contributed by atoms with E-state index in [1.54, 1.807) is 0 Å². The summed E-state index contributed by atoms with van der Waals surface area (Å²) in [6, 6.07) is 0. The molecule has 2 atom stereocenters. The van der Waals surface area contributed by atoms with Gasteiger partial charge in [0.25, 0.3) is 0 Å². The van der Waals surface area contributed by atoms with Crippen molar-refractivity contribution in [1.29, 1.82) is 0 Å². The topological polar surface area (TPSA) is 20.2 Å². The molecule has 0 aromatic carbocycles. The highest BCUT2D eigenvalue weighted by atomic mass is 16.3. The van der Waals surface area contributed by atoms with Crippen LogP contribution < -0.4 is 0 Å². The molecule has 0 bridgehead atoms. The Kier molecular flexibility index (Phi) is 4.67. The predicted molar refractivity (Wildman–Crippen MR) is 61.2 cm³/mol. The third-order valence-electron chi connectivity index (χ3n) is 3.45. The van der Waals surface area contributed by atoms with Gasteiger partial charge in [0, 0.05) is 0 Å². The summed E-state index contributed by atoms with van der Waals surface area (Å²) in [7, 11) is 0. The zero-order valence-electron chi connectivity index (χ0n) is 9.63. The Morgan fingerprint density at radius 2 is 2.21 bits per heavy atom. The number of aliphatic hydroxyl groups is 1. The first-order chi connectivity index (χ1) is 6.69. The lowest BCUT2D eigenvalue weighted by atomic mass is 9.76. The van der Waals surface area contributed by atoms with Gasteiger partial charge in [-0.2, -0.15) is 0 Å². The van der Waals surface area contributed by atoms with Crippen LogP contribution in [0.2, 0.25) is 0 Å². The van der Waals surface area contributed by atoms with Crippen molar-refractivity contribution in [1.82, 2.24) is 0 Å². The molecule has 0 saturated heterocycles. The van der Waals surface area contributed by atoms with E-state index in [-0.39, 0.29) is 0 Å². The number of hydrogen-bond donors (Lipinski definition) is 1. The first-order valence-corrected chi connectivity index (χ1v) is 6.09. The molecule has 0 radical (unpaired) electrons. The molecule has 0 unspecified atom stereocenters. The molecule has 1 aliphatic rings. The summed E-state index contributed by atoms with van der Waals surface area (Å²) in [5.41, 5.74) is -0.494. The minimum Gasteiger partial charge on any atom is -0.386 e. The van der Waals surface area contributed by atoms with E-state index in [0.29, 0.717) is 5.92 Å². The van der Waals surface area contributed by atoms with Crippen LogP contribution in [0.5, 0.6) is 0 Å². The van der Waals surface area contributed by atoms with Gasteiger partial charge >= 0.3 is 0 Å². The quantitative estimate of drug-likeness (QED) is 0.537. The van der Waals surface area contributed by atoms with Crippen molar-refractivity contribution in [2.75, 3.05) is 0 Å². The molecule has 0 aromatic rings. The van der Waals surface area contributed by atoms with Gasteiger partial charge in [-0.15, -0.1) is 0 Å². The Bertz CT molecular complexity index is 186. The lowest BCUT2D eigenvalue weighted by Gasteiger charge is -2.35.